The highest BCUT2D eigenvalue weighted by Gasteiger charge is 2.17. The Hall–Kier alpha value is -2.45. The van der Waals surface area contributed by atoms with E-state index >= 15 is 0 Å². The molecule has 0 saturated heterocycles. The molecular weight excluding hydrogens is 419 g/mol. The molecule has 0 fully saturated rings. The summed E-state index contributed by atoms with van der Waals surface area (Å²) >= 11 is 0. The Morgan fingerprint density at radius 3 is 2.23 bits per heavy atom. The highest BCUT2D eigenvalue weighted by atomic mass is 32.2. The number of ether oxygens (including phenoxy) is 1. The van der Waals surface area contributed by atoms with E-state index in [4.69, 9.17) is 4.74 Å². The van der Waals surface area contributed by atoms with E-state index in [0.717, 1.165) is 18.4 Å². The van der Waals surface area contributed by atoms with Crippen LogP contribution in [0.25, 0.3) is 0 Å². The lowest BCUT2D eigenvalue weighted by Crippen LogP contribution is -2.31. The molecule has 2 N–H and O–H groups in total. The second kappa shape index (κ2) is 11.2. The molecule has 6 nitrogen and oxygen atoms in total. The molecule has 0 radical (unpaired) electrons. The van der Waals surface area contributed by atoms with E-state index in [1.807, 2.05) is 0 Å². The van der Waals surface area contributed by atoms with Crippen molar-refractivity contribution in [3.05, 3.63) is 59.9 Å². The lowest BCUT2D eigenvalue weighted by Gasteiger charge is -2.19. The van der Waals surface area contributed by atoms with Gasteiger partial charge in [-0.15, -0.1) is 0 Å². The fourth-order valence-corrected chi connectivity index (χ4v) is 3.81. The van der Waals surface area contributed by atoms with Crippen molar-refractivity contribution in [2.24, 2.45) is 0 Å². The zero-order valence-electron chi connectivity index (χ0n) is 18.3. The molecule has 31 heavy (non-hydrogen) atoms. The largest absolute Gasteiger partial charge is 0.494 e. The molecule has 0 spiro atoms. The summed E-state index contributed by atoms with van der Waals surface area (Å²) in [4.78, 5) is 12.1. The average Bonchev–Trinajstić information content (AvgIpc) is 2.71. The number of halogens is 1. The molecule has 8 heteroatoms. The standard InChI is InChI=1S/C23H31FN2O4S/c1-23(2,3)18-6-12-21(13-7-18)31(28,29)26-16-14-22(27)25-15-4-5-17-30-20-10-8-19(24)9-11-20/h6-13,26H,4-5,14-17H2,1-3H3,(H,25,27). The van der Waals surface area contributed by atoms with Crippen molar-refractivity contribution in [2.75, 3.05) is 19.7 Å². The van der Waals surface area contributed by atoms with E-state index < -0.39 is 10.0 Å². The van der Waals surface area contributed by atoms with Gasteiger partial charge in [0.15, 0.2) is 0 Å². The van der Waals surface area contributed by atoms with Gasteiger partial charge in [-0.3, -0.25) is 4.79 Å². The Kier molecular flexibility index (Phi) is 9.00. The van der Waals surface area contributed by atoms with Crippen LogP contribution in [0.4, 0.5) is 4.39 Å². The first kappa shape index (κ1) is 24.8. The van der Waals surface area contributed by atoms with Gasteiger partial charge in [-0.2, -0.15) is 0 Å². The number of carbonyl (C=O) groups is 1. The van der Waals surface area contributed by atoms with Gasteiger partial charge in [0.2, 0.25) is 15.9 Å². The summed E-state index contributed by atoms with van der Waals surface area (Å²) in [6.07, 6.45) is 1.51. The van der Waals surface area contributed by atoms with Gasteiger partial charge in [0, 0.05) is 19.5 Å². The van der Waals surface area contributed by atoms with Crippen LogP contribution in [0.1, 0.15) is 45.6 Å². The third kappa shape index (κ3) is 8.67. The first-order chi connectivity index (χ1) is 14.6. The highest BCUT2D eigenvalue weighted by molar-refractivity contribution is 7.89. The molecule has 0 unspecified atom stereocenters. The number of hydrogen-bond donors (Lipinski definition) is 2. The first-order valence-corrected chi connectivity index (χ1v) is 11.8. The summed E-state index contributed by atoms with van der Waals surface area (Å²) in [6, 6.07) is 12.6. The predicted octanol–water partition coefficient (Wildman–Crippen LogP) is 3.77. The van der Waals surface area contributed by atoms with E-state index in [1.54, 1.807) is 36.4 Å². The van der Waals surface area contributed by atoms with Gasteiger partial charge in [-0.25, -0.2) is 17.5 Å². The Labute approximate surface area is 184 Å². The van der Waals surface area contributed by atoms with Crippen molar-refractivity contribution in [2.45, 2.75) is 50.3 Å². The van der Waals surface area contributed by atoms with E-state index in [0.29, 0.717) is 18.9 Å². The first-order valence-electron chi connectivity index (χ1n) is 10.3. The number of rotatable bonds is 11. The zero-order chi connectivity index (χ0) is 22.9. The maximum atomic E-state index is 12.8. The quantitative estimate of drug-likeness (QED) is 0.511. The van der Waals surface area contributed by atoms with Crippen molar-refractivity contribution in [1.29, 1.82) is 0 Å². The molecular formula is C23H31FN2O4S. The van der Waals surface area contributed by atoms with E-state index in [9.17, 15) is 17.6 Å². The smallest absolute Gasteiger partial charge is 0.240 e. The molecule has 2 aromatic rings. The Balaban J connectivity index is 1.62. The Bertz CT molecular complexity index is 937. The van der Waals surface area contributed by atoms with E-state index in [1.165, 1.54) is 12.1 Å². The third-order valence-corrected chi connectivity index (χ3v) is 6.13. The molecule has 1 amide bonds. The van der Waals surface area contributed by atoms with Gasteiger partial charge in [0.05, 0.1) is 11.5 Å². The van der Waals surface area contributed by atoms with Crippen LogP contribution >= 0.6 is 0 Å². The maximum Gasteiger partial charge on any atom is 0.240 e. The normalized spacial score (nSPS) is 11.9. The van der Waals surface area contributed by atoms with Crippen LogP contribution in [-0.2, 0) is 20.2 Å². The molecule has 0 saturated carbocycles. The summed E-state index contributed by atoms with van der Waals surface area (Å²) in [7, 11) is -3.65. The monoisotopic (exact) mass is 450 g/mol. The van der Waals surface area contributed by atoms with Crippen LogP contribution in [0.5, 0.6) is 5.75 Å². The second-order valence-electron chi connectivity index (χ2n) is 8.28. The van der Waals surface area contributed by atoms with Gasteiger partial charge in [0.25, 0.3) is 0 Å². The summed E-state index contributed by atoms with van der Waals surface area (Å²) in [5.41, 5.74) is 0.995. The Morgan fingerprint density at radius 1 is 0.968 bits per heavy atom. The van der Waals surface area contributed by atoms with Crippen LogP contribution in [0.3, 0.4) is 0 Å². The molecule has 0 aliphatic heterocycles. The van der Waals surface area contributed by atoms with Crippen LogP contribution in [0.2, 0.25) is 0 Å². The van der Waals surface area contributed by atoms with Gasteiger partial charge >= 0.3 is 0 Å². The number of amides is 1. The van der Waals surface area contributed by atoms with Crippen molar-refractivity contribution < 1.29 is 22.3 Å². The van der Waals surface area contributed by atoms with Gasteiger partial charge in [-0.1, -0.05) is 32.9 Å². The summed E-state index contributed by atoms with van der Waals surface area (Å²) in [5, 5.41) is 2.76. The topological polar surface area (TPSA) is 84.5 Å². The molecule has 170 valence electrons. The minimum atomic E-state index is -3.65. The fourth-order valence-electron chi connectivity index (χ4n) is 2.78. The lowest BCUT2D eigenvalue weighted by molar-refractivity contribution is -0.120. The minimum Gasteiger partial charge on any atom is -0.494 e. The molecule has 0 heterocycles. The third-order valence-electron chi connectivity index (χ3n) is 4.65. The van der Waals surface area contributed by atoms with Crippen molar-refractivity contribution >= 4 is 15.9 Å². The van der Waals surface area contributed by atoms with Crippen LogP contribution in [-0.4, -0.2) is 34.0 Å². The van der Waals surface area contributed by atoms with Crippen molar-refractivity contribution in [3.63, 3.8) is 0 Å². The maximum absolute atomic E-state index is 12.8. The molecule has 0 aliphatic rings. The predicted molar refractivity (Wildman–Crippen MR) is 119 cm³/mol. The van der Waals surface area contributed by atoms with Gasteiger partial charge in [-0.05, 0) is 60.2 Å². The summed E-state index contributed by atoms with van der Waals surface area (Å²) < 4.78 is 45.5. The minimum absolute atomic E-state index is 0.0306. The lowest BCUT2D eigenvalue weighted by atomic mass is 9.87. The van der Waals surface area contributed by atoms with Crippen LogP contribution in [0.15, 0.2) is 53.4 Å². The van der Waals surface area contributed by atoms with Crippen molar-refractivity contribution in [1.82, 2.24) is 10.0 Å². The molecule has 2 aromatic carbocycles. The number of nitrogens with one attached hydrogen (secondary N) is 2. The number of benzene rings is 2. The summed E-state index contributed by atoms with van der Waals surface area (Å²) in [5.74, 6) is 0.0757. The zero-order valence-corrected chi connectivity index (χ0v) is 19.1. The SMILES string of the molecule is CC(C)(C)c1ccc(S(=O)(=O)NCCC(=O)NCCCCOc2ccc(F)cc2)cc1. The van der Waals surface area contributed by atoms with Crippen molar-refractivity contribution in [3.8, 4) is 5.75 Å². The van der Waals surface area contributed by atoms with Crippen LogP contribution in [0, 0.1) is 5.82 Å². The van der Waals surface area contributed by atoms with Gasteiger partial charge in [0.1, 0.15) is 11.6 Å². The fraction of sp³-hybridized carbons (Fsp3) is 0.435. The highest BCUT2D eigenvalue weighted by Crippen LogP contribution is 2.23. The second-order valence-corrected chi connectivity index (χ2v) is 10.0. The molecule has 2 rings (SSSR count). The molecule has 0 aliphatic carbocycles. The van der Waals surface area contributed by atoms with E-state index in [2.05, 4.69) is 30.8 Å². The number of sulfonamides is 1. The number of carbonyl (C=O) groups excluding carboxylic acids is 1. The van der Waals surface area contributed by atoms with Crippen LogP contribution < -0.4 is 14.8 Å². The Morgan fingerprint density at radius 2 is 1.61 bits per heavy atom. The molecule has 0 bridgehead atoms. The number of unbranched alkanes of at least 4 members (excludes halogenated alkanes) is 1. The molecule has 0 atom stereocenters. The average molecular weight is 451 g/mol. The molecule has 0 aromatic heterocycles. The number of hydrogen-bond acceptors (Lipinski definition) is 4. The van der Waals surface area contributed by atoms with E-state index in [-0.39, 0.29) is 35.0 Å². The summed E-state index contributed by atoms with van der Waals surface area (Å²) in [6.45, 7) is 7.16. The van der Waals surface area contributed by atoms with Gasteiger partial charge < -0.3 is 10.1 Å².